The Morgan fingerprint density at radius 2 is 2.14 bits per heavy atom. The molecule has 0 spiro atoms. The van der Waals surface area contributed by atoms with Gasteiger partial charge >= 0.3 is 0 Å². The number of carbonyl (C=O) groups is 1. The molecule has 0 aromatic carbocycles. The van der Waals surface area contributed by atoms with Crippen molar-refractivity contribution < 1.29 is 9.21 Å². The highest BCUT2D eigenvalue weighted by atomic mass is 16.3. The highest BCUT2D eigenvalue weighted by Gasteiger charge is 2.09. The van der Waals surface area contributed by atoms with Gasteiger partial charge < -0.3 is 14.6 Å². The number of hydrogen-bond donors (Lipinski definition) is 1. The molecule has 21 heavy (non-hydrogen) atoms. The second kappa shape index (κ2) is 7.42. The number of anilines is 1. The first kappa shape index (κ1) is 15.0. The molecule has 0 saturated carbocycles. The third kappa shape index (κ3) is 4.30. The molecule has 2 rings (SSSR count). The van der Waals surface area contributed by atoms with E-state index in [1.807, 2.05) is 18.0 Å². The zero-order valence-electron chi connectivity index (χ0n) is 12.4. The zero-order chi connectivity index (χ0) is 15.1. The van der Waals surface area contributed by atoms with Crippen LogP contribution in [0.1, 0.15) is 35.9 Å². The molecule has 1 amide bonds. The minimum atomic E-state index is -0.214. The van der Waals surface area contributed by atoms with E-state index in [4.69, 9.17) is 4.42 Å². The van der Waals surface area contributed by atoms with Crippen LogP contribution in [0.3, 0.4) is 0 Å². The molecule has 2 heterocycles. The standard InChI is InChI=1S/C15H20N4O2/c1-3-4-7-19(2)15-17-9-12(10-18-15)14(20)16-11-13-6-5-8-21-13/h5-6,8-10H,3-4,7,11H2,1-2H3,(H,16,20). The number of carbonyl (C=O) groups excluding carboxylic acids is 1. The Morgan fingerprint density at radius 3 is 2.76 bits per heavy atom. The van der Waals surface area contributed by atoms with Gasteiger partial charge in [-0.3, -0.25) is 4.79 Å². The van der Waals surface area contributed by atoms with Crippen LogP contribution in [0.5, 0.6) is 0 Å². The van der Waals surface area contributed by atoms with Gasteiger partial charge in [-0.05, 0) is 18.6 Å². The van der Waals surface area contributed by atoms with E-state index in [0.717, 1.165) is 19.4 Å². The van der Waals surface area contributed by atoms with Crippen molar-refractivity contribution >= 4 is 11.9 Å². The van der Waals surface area contributed by atoms with Gasteiger partial charge in [-0.1, -0.05) is 13.3 Å². The second-order valence-corrected chi connectivity index (χ2v) is 4.81. The van der Waals surface area contributed by atoms with Crippen molar-refractivity contribution in [2.24, 2.45) is 0 Å². The highest BCUT2D eigenvalue weighted by Crippen LogP contribution is 2.07. The van der Waals surface area contributed by atoms with Gasteiger partial charge in [0, 0.05) is 26.0 Å². The van der Waals surface area contributed by atoms with E-state index < -0.39 is 0 Å². The summed E-state index contributed by atoms with van der Waals surface area (Å²) in [4.78, 5) is 22.4. The fourth-order valence-electron chi connectivity index (χ4n) is 1.81. The topological polar surface area (TPSA) is 71.3 Å². The van der Waals surface area contributed by atoms with Gasteiger partial charge in [0.1, 0.15) is 5.76 Å². The number of nitrogens with one attached hydrogen (secondary N) is 1. The van der Waals surface area contributed by atoms with E-state index in [1.165, 1.54) is 0 Å². The van der Waals surface area contributed by atoms with Crippen molar-refractivity contribution in [1.29, 1.82) is 0 Å². The third-order valence-corrected chi connectivity index (χ3v) is 3.09. The van der Waals surface area contributed by atoms with Crippen LogP contribution in [0.4, 0.5) is 5.95 Å². The summed E-state index contributed by atoms with van der Waals surface area (Å²) < 4.78 is 5.16. The molecule has 0 aliphatic heterocycles. The average molecular weight is 288 g/mol. The third-order valence-electron chi connectivity index (χ3n) is 3.09. The van der Waals surface area contributed by atoms with Crippen molar-refractivity contribution in [1.82, 2.24) is 15.3 Å². The maximum Gasteiger partial charge on any atom is 0.254 e. The lowest BCUT2D eigenvalue weighted by Crippen LogP contribution is -2.24. The Labute approximate surface area is 124 Å². The van der Waals surface area contributed by atoms with Crippen LogP contribution in [-0.2, 0) is 6.54 Å². The fourth-order valence-corrected chi connectivity index (χ4v) is 1.81. The van der Waals surface area contributed by atoms with Crippen LogP contribution in [0.15, 0.2) is 35.2 Å². The van der Waals surface area contributed by atoms with E-state index in [1.54, 1.807) is 24.7 Å². The Balaban J connectivity index is 1.90. The Bertz CT molecular complexity index is 552. The van der Waals surface area contributed by atoms with Gasteiger partial charge in [-0.25, -0.2) is 9.97 Å². The maximum absolute atomic E-state index is 11.9. The summed E-state index contributed by atoms with van der Waals surface area (Å²) in [6.07, 6.45) is 6.87. The molecule has 0 unspecified atom stereocenters. The molecule has 0 atom stereocenters. The van der Waals surface area contributed by atoms with E-state index in [0.29, 0.717) is 23.8 Å². The summed E-state index contributed by atoms with van der Waals surface area (Å²) in [7, 11) is 1.95. The highest BCUT2D eigenvalue weighted by molar-refractivity contribution is 5.93. The predicted molar refractivity (Wildman–Crippen MR) is 80.1 cm³/mol. The fraction of sp³-hybridized carbons (Fsp3) is 0.400. The lowest BCUT2D eigenvalue weighted by atomic mass is 10.3. The lowest BCUT2D eigenvalue weighted by Gasteiger charge is -2.16. The monoisotopic (exact) mass is 288 g/mol. The molecule has 0 saturated heterocycles. The summed E-state index contributed by atoms with van der Waals surface area (Å²) in [5, 5.41) is 2.76. The zero-order valence-corrected chi connectivity index (χ0v) is 12.4. The van der Waals surface area contributed by atoms with Crippen molar-refractivity contribution in [2.45, 2.75) is 26.3 Å². The van der Waals surface area contributed by atoms with Crippen LogP contribution >= 0.6 is 0 Å². The van der Waals surface area contributed by atoms with E-state index in [-0.39, 0.29) is 5.91 Å². The summed E-state index contributed by atoms with van der Waals surface area (Å²) in [6, 6.07) is 3.59. The molecule has 0 fully saturated rings. The molecular formula is C15H20N4O2. The largest absolute Gasteiger partial charge is 0.467 e. The molecule has 6 nitrogen and oxygen atoms in total. The van der Waals surface area contributed by atoms with Crippen molar-refractivity contribution in [3.8, 4) is 0 Å². The normalized spacial score (nSPS) is 10.4. The van der Waals surface area contributed by atoms with Crippen LogP contribution in [0, 0.1) is 0 Å². The quantitative estimate of drug-likeness (QED) is 0.846. The van der Waals surface area contributed by atoms with Crippen molar-refractivity contribution in [2.75, 3.05) is 18.5 Å². The SMILES string of the molecule is CCCCN(C)c1ncc(C(=O)NCc2ccco2)cn1. The van der Waals surface area contributed by atoms with Gasteiger partial charge in [0.05, 0.1) is 18.4 Å². The van der Waals surface area contributed by atoms with E-state index >= 15 is 0 Å². The maximum atomic E-state index is 11.9. The summed E-state index contributed by atoms with van der Waals surface area (Å²) in [5.74, 6) is 1.13. The molecule has 2 aromatic rings. The number of amides is 1. The molecule has 1 N–H and O–H groups in total. The van der Waals surface area contributed by atoms with Gasteiger partial charge in [0.25, 0.3) is 5.91 Å². The van der Waals surface area contributed by atoms with Crippen LogP contribution in [0.25, 0.3) is 0 Å². The van der Waals surface area contributed by atoms with Crippen LogP contribution in [-0.4, -0.2) is 29.5 Å². The molecule has 112 valence electrons. The number of unbranched alkanes of at least 4 members (excludes halogenated alkanes) is 1. The summed E-state index contributed by atoms with van der Waals surface area (Å²) in [6.45, 7) is 3.39. The van der Waals surface area contributed by atoms with Gasteiger partial charge in [0.2, 0.25) is 5.95 Å². The first-order valence-electron chi connectivity index (χ1n) is 7.04. The molecule has 0 aliphatic carbocycles. The van der Waals surface area contributed by atoms with Gasteiger partial charge in [0.15, 0.2) is 0 Å². The molecule has 0 aliphatic rings. The smallest absolute Gasteiger partial charge is 0.254 e. The van der Waals surface area contributed by atoms with Gasteiger partial charge in [-0.2, -0.15) is 0 Å². The van der Waals surface area contributed by atoms with Crippen LogP contribution in [0.2, 0.25) is 0 Å². The Morgan fingerprint density at radius 1 is 1.38 bits per heavy atom. The molecule has 0 bridgehead atoms. The van der Waals surface area contributed by atoms with E-state index in [2.05, 4.69) is 22.2 Å². The van der Waals surface area contributed by atoms with Crippen LogP contribution < -0.4 is 10.2 Å². The van der Waals surface area contributed by atoms with E-state index in [9.17, 15) is 4.79 Å². The summed E-state index contributed by atoms with van der Waals surface area (Å²) in [5.41, 5.74) is 0.439. The molecule has 2 aromatic heterocycles. The van der Waals surface area contributed by atoms with Gasteiger partial charge in [-0.15, -0.1) is 0 Å². The minimum absolute atomic E-state index is 0.214. The number of nitrogens with zero attached hydrogens (tertiary/aromatic N) is 3. The molecular weight excluding hydrogens is 268 g/mol. The first-order valence-corrected chi connectivity index (χ1v) is 7.04. The first-order chi connectivity index (χ1) is 10.2. The molecule has 0 radical (unpaired) electrons. The number of hydrogen-bond acceptors (Lipinski definition) is 5. The average Bonchev–Trinajstić information content (AvgIpc) is 3.04. The second-order valence-electron chi connectivity index (χ2n) is 4.81. The minimum Gasteiger partial charge on any atom is -0.467 e. The van der Waals surface area contributed by atoms with Crippen molar-refractivity contribution in [3.63, 3.8) is 0 Å². The molecule has 6 heteroatoms. The number of aromatic nitrogens is 2. The Hall–Kier alpha value is -2.37. The predicted octanol–water partition coefficient (Wildman–Crippen LogP) is 2.24. The number of furan rings is 1. The Kier molecular flexibility index (Phi) is 5.31. The lowest BCUT2D eigenvalue weighted by molar-refractivity contribution is 0.0947. The summed E-state index contributed by atoms with van der Waals surface area (Å²) >= 11 is 0. The van der Waals surface area contributed by atoms with Crippen molar-refractivity contribution in [3.05, 3.63) is 42.1 Å². The number of rotatable bonds is 7.